The van der Waals surface area contributed by atoms with Crippen LogP contribution in [0.2, 0.25) is 5.02 Å². The van der Waals surface area contributed by atoms with Gasteiger partial charge in [0.15, 0.2) is 0 Å². The molecule has 2 aromatic carbocycles. The molecule has 1 atom stereocenters. The summed E-state index contributed by atoms with van der Waals surface area (Å²) >= 11 is 5.94. The summed E-state index contributed by atoms with van der Waals surface area (Å²) in [7, 11) is 1.53. The number of halogens is 1. The van der Waals surface area contributed by atoms with E-state index in [0.717, 1.165) is 0 Å². The van der Waals surface area contributed by atoms with E-state index in [4.69, 9.17) is 16.3 Å². The molecule has 30 heavy (non-hydrogen) atoms. The third-order valence-electron chi connectivity index (χ3n) is 4.90. The second kappa shape index (κ2) is 8.00. The van der Waals surface area contributed by atoms with Crippen molar-refractivity contribution in [1.29, 1.82) is 0 Å². The molecule has 4 rings (SSSR count). The topological polar surface area (TPSA) is 79.7 Å². The minimum Gasteiger partial charge on any atom is -0.507 e. The van der Waals surface area contributed by atoms with Gasteiger partial charge in [-0.1, -0.05) is 23.7 Å². The molecule has 6 nitrogen and oxygen atoms in total. The Hall–Kier alpha value is -3.64. The van der Waals surface area contributed by atoms with Gasteiger partial charge in [-0.2, -0.15) is 0 Å². The molecule has 1 fully saturated rings. The molecule has 2 heterocycles. The van der Waals surface area contributed by atoms with E-state index < -0.39 is 17.7 Å². The van der Waals surface area contributed by atoms with Gasteiger partial charge in [0.25, 0.3) is 11.7 Å². The normalized spacial score (nSPS) is 17.9. The minimum absolute atomic E-state index is 0.0144. The van der Waals surface area contributed by atoms with Crippen molar-refractivity contribution in [2.45, 2.75) is 6.04 Å². The number of carbonyl (C=O) groups excluding carboxylic acids is 2. The Morgan fingerprint density at radius 2 is 1.87 bits per heavy atom. The number of hydrogen-bond donors (Lipinski definition) is 1. The van der Waals surface area contributed by atoms with Crippen molar-refractivity contribution in [2.24, 2.45) is 0 Å². The highest BCUT2D eigenvalue weighted by Gasteiger charge is 2.47. The maximum Gasteiger partial charge on any atom is 0.300 e. The SMILES string of the molecule is COc1cccc([C@H]2C(=C(O)c3ccc(Cl)cc3)C(=O)C(=O)N2c2cccnc2)c1. The number of methoxy groups -OCH3 is 1. The van der Waals surface area contributed by atoms with Gasteiger partial charge in [0.2, 0.25) is 0 Å². The summed E-state index contributed by atoms with van der Waals surface area (Å²) in [6.45, 7) is 0. The van der Waals surface area contributed by atoms with Crippen LogP contribution in [0.5, 0.6) is 5.75 Å². The van der Waals surface area contributed by atoms with Crippen molar-refractivity contribution in [1.82, 2.24) is 4.98 Å². The second-order valence-electron chi connectivity index (χ2n) is 6.66. The molecule has 3 aromatic rings. The van der Waals surface area contributed by atoms with Gasteiger partial charge in [-0.3, -0.25) is 19.5 Å². The van der Waals surface area contributed by atoms with E-state index in [1.54, 1.807) is 66.9 Å². The first-order chi connectivity index (χ1) is 14.5. The fourth-order valence-electron chi connectivity index (χ4n) is 3.49. The lowest BCUT2D eigenvalue weighted by Gasteiger charge is -2.25. The molecule has 1 N–H and O–H groups in total. The Labute approximate surface area is 178 Å². The number of anilines is 1. The Morgan fingerprint density at radius 1 is 1.10 bits per heavy atom. The number of ether oxygens (including phenoxy) is 1. The van der Waals surface area contributed by atoms with E-state index in [0.29, 0.717) is 27.6 Å². The summed E-state index contributed by atoms with van der Waals surface area (Å²) in [6, 6.07) is 16.0. The monoisotopic (exact) mass is 420 g/mol. The van der Waals surface area contributed by atoms with Crippen LogP contribution in [0.15, 0.2) is 78.6 Å². The molecule has 0 radical (unpaired) electrons. The van der Waals surface area contributed by atoms with E-state index in [1.807, 2.05) is 0 Å². The van der Waals surface area contributed by atoms with Gasteiger partial charge in [0.1, 0.15) is 11.5 Å². The highest BCUT2D eigenvalue weighted by atomic mass is 35.5. The molecule has 1 amide bonds. The van der Waals surface area contributed by atoms with Crippen molar-refractivity contribution in [3.63, 3.8) is 0 Å². The van der Waals surface area contributed by atoms with Crippen molar-refractivity contribution in [3.8, 4) is 5.75 Å². The van der Waals surface area contributed by atoms with E-state index in [-0.39, 0.29) is 11.3 Å². The van der Waals surface area contributed by atoms with Crippen molar-refractivity contribution in [2.75, 3.05) is 12.0 Å². The van der Waals surface area contributed by atoms with Crippen LogP contribution < -0.4 is 9.64 Å². The van der Waals surface area contributed by atoms with Gasteiger partial charge < -0.3 is 9.84 Å². The first kappa shape index (κ1) is 19.7. The highest BCUT2D eigenvalue weighted by Crippen LogP contribution is 2.42. The molecular formula is C23H17ClN2O4. The number of aromatic nitrogens is 1. The van der Waals surface area contributed by atoms with E-state index in [1.165, 1.54) is 18.2 Å². The number of aliphatic hydroxyl groups is 1. The summed E-state index contributed by atoms with van der Waals surface area (Å²) in [5, 5.41) is 11.5. The fraction of sp³-hybridized carbons (Fsp3) is 0.0870. The van der Waals surface area contributed by atoms with Gasteiger partial charge in [-0.15, -0.1) is 0 Å². The molecule has 1 aliphatic heterocycles. The second-order valence-corrected chi connectivity index (χ2v) is 7.10. The molecule has 1 aromatic heterocycles. The lowest BCUT2D eigenvalue weighted by Crippen LogP contribution is -2.29. The molecule has 0 aliphatic carbocycles. The number of amides is 1. The predicted octanol–water partition coefficient (Wildman–Crippen LogP) is 4.37. The Kier molecular flexibility index (Phi) is 5.25. The van der Waals surface area contributed by atoms with Crippen LogP contribution in [0.25, 0.3) is 5.76 Å². The van der Waals surface area contributed by atoms with Crippen LogP contribution >= 0.6 is 11.6 Å². The number of hydrogen-bond acceptors (Lipinski definition) is 5. The van der Waals surface area contributed by atoms with Crippen LogP contribution in [0.4, 0.5) is 5.69 Å². The van der Waals surface area contributed by atoms with Crippen LogP contribution in [0.3, 0.4) is 0 Å². The number of pyridine rings is 1. The zero-order chi connectivity index (χ0) is 21.3. The summed E-state index contributed by atoms with van der Waals surface area (Å²) < 4.78 is 5.31. The number of ketones is 1. The van der Waals surface area contributed by atoms with Crippen LogP contribution in [0, 0.1) is 0 Å². The quantitative estimate of drug-likeness (QED) is 0.385. The molecular weight excluding hydrogens is 404 g/mol. The molecule has 0 bridgehead atoms. The number of benzene rings is 2. The van der Waals surface area contributed by atoms with Crippen molar-refractivity contribution >= 4 is 34.7 Å². The lowest BCUT2D eigenvalue weighted by atomic mass is 9.95. The Balaban J connectivity index is 1.95. The molecule has 1 saturated heterocycles. The van der Waals surface area contributed by atoms with Crippen molar-refractivity contribution < 1.29 is 19.4 Å². The summed E-state index contributed by atoms with van der Waals surface area (Å²) in [5.74, 6) is -1.23. The van der Waals surface area contributed by atoms with Gasteiger partial charge in [0.05, 0.1) is 30.6 Å². The zero-order valence-corrected chi connectivity index (χ0v) is 16.7. The van der Waals surface area contributed by atoms with Crippen LogP contribution in [0.1, 0.15) is 17.2 Å². The molecule has 0 unspecified atom stereocenters. The molecule has 7 heteroatoms. The van der Waals surface area contributed by atoms with Gasteiger partial charge in [-0.25, -0.2) is 0 Å². The first-order valence-corrected chi connectivity index (χ1v) is 9.50. The molecule has 0 spiro atoms. The third-order valence-corrected chi connectivity index (χ3v) is 5.15. The maximum atomic E-state index is 13.0. The smallest absolute Gasteiger partial charge is 0.300 e. The van der Waals surface area contributed by atoms with E-state index in [2.05, 4.69) is 4.98 Å². The van der Waals surface area contributed by atoms with E-state index >= 15 is 0 Å². The summed E-state index contributed by atoms with van der Waals surface area (Å²) in [6.07, 6.45) is 3.08. The standard InChI is InChI=1S/C23H17ClN2O4/c1-30-18-6-2-4-15(12-18)20-19(21(27)14-7-9-16(24)10-8-14)22(28)23(29)26(20)17-5-3-11-25-13-17/h2-13,20,27H,1H3/t20-/m0/s1. The average molecular weight is 421 g/mol. The number of rotatable bonds is 4. The van der Waals surface area contributed by atoms with Crippen LogP contribution in [-0.2, 0) is 9.59 Å². The van der Waals surface area contributed by atoms with E-state index in [9.17, 15) is 14.7 Å². The Bertz CT molecular complexity index is 1140. The molecule has 0 saturated carbocycles. The molecule has 1 aliphatic rings. The number of carbonyl (C=O) groups is 2. The average Bonchev–Trinajstić information content (AvgIpc) is 3.05. The summed E-state index contributed by atoms with van der Waals surface area (Å²) in [4.78, 5) is 31.4. The predicted molar refractivity (Wildman–Crippen MR) is 113 cm³/mol. The van der Waals surface area contributed by atoms with Gasteiger partial charge in [-0.05, 0) is 54.1 Å². The fourth-order valence-corrected chi connectivity index (χ4v) is 3.61. The van der Waals surface area contributed by atoms with Gasteiger partial charge >= 0.3 is 0 Å². The summed E-state index contributed by atoms with van der Waals surface area (Å²) in [5.41, 5.74) is 1.44. The maximum absolute atomic E-state index is 13.0. The molecule has 150 valence electrons. The Morgan fingerprint density at radius 3 is 2.53 bits per heavy atom. The van der Waals surface area contributed by atoms with Gasteiger partial charge in [0, 0.05) is 16.8 Å². The number of aliphatic hydroxyl groups excluding tert-OH is 1. The minimum atomic E-state index is -0.847. The number of nitrogens with zero attached hydrogens (tertiary/aromatic N) is 2. The van der Waals surface area contributed by atoms with Crippen LogP contribution in [-0.4, -0.2) is 28.9 Å². The largest absolute Gasteiger partial charge is 0.507 e. The first-order valence-electron chi connectivity index (χ1n) is 9.12. The highest BCUT2D eigenvalue weighted by molar-refractivity contribution is 6.51. The third kappa shape index (κ3) is 3.42. The zero-order valence-electron chi connectivity index (χ0n) is 15.9. The van der Waals surface area contributed by atoms with Crippen molar-refractivity contribution in [3.05, 3.63) is 94.8 Å². The number of Topliss-reactive ketones (excluding diaryl/α,β-unsaturated/α-hetero) is 1. The lowest BCUT2D eigenvalue weighted by molar-refractivity contribution is -0.132.